The number of carbonyl (C=O) groups is 1. The fourth-order valence-electron chi connectivity index (χ4n) is 5.83. The molecule has 4 rings (SSSR count). The minimum atomic E-state index is 0.388. The van der Waals surface area contributed by atoms with Gasteiger partial charge in [-0.15, -0.1) is 0 Å². The van der Waals surface area contributed by atoms with Crippen molar-refractivity contribution >= 4 is 5.78 Å². The number of likely N-dealkylation sites (tertiary alicyclic amines) is 1. The summed E-state index contributed by atoms with van der Waals surface area (Å²) in [4.78, 5) is 14.7. The second kappa shape index (κ2) is 10.8. The molecule has 1 saturated carbocycles. The fraction of sp³-hybridized carbons (Fsp3) is 0.731. The summed E-state index contributed by atoms with van der Waals surface area (Å²) >= 11 is 0. The van der Waals surface area contributed by atoms with Crippen molar-refractivity contribution in [3.63, 3.8) is 0 Å². The number of ketones is 1. The molecule has 2 fully saturated rings. The van der Waals surface area contributed by atoms with E-state index in [2.05, 4.69) is 23.1 Å². The van der Waals surface area contributed by atoms with Gasteiger partial charge in [-0.05, 0) is 81.1 Å². The van der Waals surface area contributed by atoms with Crippen LogP contribution in [0.4, 0.5) is 0 Å². The van der Waals surface area contributed by atoms with E-state index in [0.717, 1.165) is 31.1 Å². The van der Waals surface area contributed by atoms with E-state index in [1.54, 1.807) is 12.7 Å². The molecule has 1 aliphatic carbocycles. The first-order valence-electron chi connectivity index (χ1n) is 12.2. The summed E-state index contributed by atoms with van der Waals surface area (Å²) in [5.41, 5.74) is 3.04. The Morgan fingerprint density at radius 2 is 1.87 bits per heavy atom. The number of nitrogens with zero attached hydrogens (tertiary/aromatic N) is 1. The van der Waals surface area contributed by atoms with Crippen molar-refractivity contribution in [3.05, 3.63) is 29.3 Å². The summed E-state index contributed by atoms with van der Waals surface area (Å²) in [6.45, 7) is 5.15. The molecule has 1 saturated heterocycles. The Morgan fingerprint density at radius 3 is 2.63 bits per heavy atom. The van der Waals surface area contributed by atoms with Crippen LogP contribution in [0.5, 0.6) is 5.75 Å². The zero-order chi connectivity index (χ0) is 20.8. The van der Waals surface area contributed by atoms with E-state index < -0.39 is 0 Å². The molecule has 0 N–H and O–H groups in total. The van der Waals surface area contributed by atoms with Gasteiger partial charge in [-0.1, -0.05) is 25.0 Å². The lowest BCUT2D eigenvalue weighted by molar-refractivity contribution is -0.121. The second-order valence-corrected chi connectivity index (χ2v) is 9.70. The van der Waals surface area contributed by atoms with Crippen LogP contribution in [-0.4, -0.2) is 50.6 Å². The lowest BCUT2D eigenvalue weighted by Gasteiger charge is -2.35. The molecule has 166 valence electrons. The van der Waals surface area contributed by atoms with Crippen LogP contribution >= 0.6 is 0 Å². The van der Waals surface area contributed by atoms with Crippen molar-refractivity contribution in [1.29, 1.82) is 0 Å². The number of hydrogen-bond donors (Lipinski definition) is 0. The quantitative estimate of drug-likeness (QED) is 0.571. The third kappa shape index (κ3) is 5.64. The van der Waals surface area contributed by atoms with Gasteiger partial charge in [0.25, 0.3) is 0 Å². The maximum atomic E-state index is 12.0. The normalized spacial score (nSPS) is 25.1. The number of Topliss-reactive ketones (excluding diaryl/α,β-unsaturated/α-hetero) is 1. The first-order chi connectivity index (χ1) is 14.7. The van der Waals surface area contributed by atoms with Gasteiger partial charge in [0.05, 0.1) is 13.2 Å². The topological polar surface area (TPSA) is 38.8 Å². The number of piperidine rings is 1. The Bertz CT molecular complexity index is 688. The molecule has 0 amide bonds. The molecule has 0 atom stereocenters. The predicted octanol–water partition coefficient (Wildman–Crippen LogP) is 4.99. The van der Waals surface area contributed by atoms with E-state index in [9.17, 15) is 4.79 Å². The van der Waals surface area contributed by atoms with Gasteiger partial charge in [-0.3, -0.25) is 4.79 Å². The Balaban J connectivity index is 1.14. The lowest BCUT2D eigenvalue weighted by Crippen LogP contribution is -2.35. The van der Waals surface area contributed by atoms with Crippen LogP contribution in [0.25, 0.3) is 0 Å². The van der Waals surface area contributed by atoms with Crippen LogP contribution in [0.15, 0.2) is 18.2 Å². The van der Waals surface area contributed by atoms with E-state index in [1.807, 2.05) is 0 Å². The molecule has 3 aliphatic rings. The van der Waals surface area contributed by atoms with Gasteiger partial charge in [-0.2, -0.15) is 0 Å². The van der Waals surface area contributed by atoms with Crippen molar-refractivity contribution < 1.29 is 14.3 Å². The highest BCUT2D eigenvalue weighted by Gasteiger charge is 2.27. The maximum absolute atomic E-state index is 12.0. The van der Waals surface area contributed by atoms with Crippen molar-refractivity contribution in [3.8, 4) is 5.75 Å². The summed E-state index contributed by atoms with van der Waals surface area (Å²) in [5.74, 6) is 3.72. The number of methoxy groups -OCH3 is 1. The first-order valence-corrected chi connectivity index (χ1v) is 12.2. The molecule has 4 heteroatoms. The third-order valence-corrected chi connectivity index (χ3v) is 7.73. The number of hydrogen-bond acceptors (Lipinski definition) is 4. The Kier molecular flexibility index (Phi) is 7.83. The molecule has 2 aliphatic heterocycles. The predicted molar refractivity (Wildman–Crippen MR) is 120 cm³/mol. The standard InChI is InChI=1S/C26H39NO3/c1-29-17-12-23(28)19-21-7-5-20(6-8-21)9-14-27-15-10-22(11-16-27)24-3-2-4-26-25(24)13-18-30-26/h2-4,20-22H,5-19H2,1H3. The highest BCUT2D eigenvalue weighted by molar-refractivity contribution is 5.78. The average Bonchev–Trinajstić information content (AvgIpc) is 3.27. The van der Waals surface area contributed by atoms with E-state index in [-0.39, 0.29) is 0 Å². The molecule has 1 aromatic rings. The zero-order valence-electron chi connectivity index (χ0n) is 18.7. The molecule has 0 bridgehead atoms. The summed E-state index contributed by atoms with van der Waals surface area (Å²) in [7, 11) is 1.67. The number of fused-ring (bicyclic) bond motifs is 1. The van der Waals surface area contributed by atoms with Gasteiger partial charge < -0.3 is 14.4 Å². The number of carbonyl (C=O) groups excluding carboxylic acids is 1. The van der Waals surface area contributed by atoms with Gasteiger partial charge >= 0.3 is 0 Å². The first kappa shape index (κ1) is 21.8. The van der Waals surface area contributed by atoms with Crippen LogP contribution in [-0.2, 0) is 16.0 Å². The van der Waals surface area contributed by atoms with Gasteiger partial charge in [0, 0.05) is 31.9 Å². The van der Waals surface area contributed by atoms with Crippen molar-refractivity contribution in [2.45, 2.75) is 70.1 Å². The van der Waals surface area contributed by atoms with Crippen molar-refractivity contribution in [2.24, 2.45) is 11.8 Å². The van der Waals surface area contributed by atoms with Crippen molar-refractivity contribution in [1.82, 2.24) is 4.90 Å². The molecular formula is C26H39NO3. The molecule has 4 nitrogen and oxygen atoms in total. The minimum absolute atomic E-state index is 0.388. The van der Waals surface area contributed by atoms with Gasteiger partial charge in [0.15, 0.2) is 0 Å². The number of benzene rings is 1. The minimum Gasteiger partial charge on any atom is -0.493 e. The molecule has 0 aromatic heterocycles. The monoisotopic (exact) mass is 413 g/mol. The van der Waals surface area contributed by atoms with Crippen LogP contribution in [0, 0.1) is 11.8 Å². The summed E-state index contributed by atoms with van der Waals surface area (Å²) in [6.07, 6.45) is 11.5. The largest absolute Gasteiger partial charge is 0.493 e. The molecule has 0 unspecified atom stereocenters. The molecular weight excluding hydrogens is 374 g/mol. The van der Waals surface area contributed by atoms with Crippen molar-refractivity contribution in [2.75, 3.05) is 40.0 Å². The van der Waals surface area contributed by atoms with Crippen LogP contribution < -0.4 is 4.74 Å². The highest BCUT2D eigenvalue weighted by atomic mass is 16.5. The van der Waals surface area contributed by atoms with Crippen LogP contribution in [0.1, 0.15) is 74.8 Å². The Labute approximate surface area is 182 Å². The Morgan fingerprint density at radius 1 is 1.10 bits per heavy atom. The van der Waals surface area contributed by atoms with E-state index in [4.69, 9.17) is 9.47 Å². The van der Waals surface area contributed by atoms with Crippen LogP contribution in [0.3, 0.4) is 0 Å². The summed E-state index contributed by atoms with van der Waals surface area (Å²) < 4.78 is 10.8. The fourth-order valence-corrected chi connectivity index (χ4v) is 5.83. The molecule has 0 spiro atoms. The SMILES string of the molecule is COCCC(=O)CC1CCC(CCN2CCC(c3cccc4c3CCO4)CC2)CC1. The van der Waals surface area contributed by atoms with Gasteiger partial charge in [0.2, 0.25) is 0 Å². The average molecular weight is 414 g/mol. The molecule has 1 aromatic carbocycles. The molecule has 0 radical (unpaired) electrons. The highest BCUT2D eigenvalue weighted by Crippen LogP contribution is 2.37. The van der Waals surface area contributed by atoms with Crippen LogP contribution in [0.2, 0.25) is 0 Å². The summed E-state index contributed by atoms with van der Waals surface area (Å²) in [5, 5.41) is 0. The van der Waals surface area contributed by atoms with E-state index >= 15 is 0 Å². The van der Waals surface area contributed by atoms with Gasteiger partial charge in [0.1, 0.15) is 11.5 Å². The molecule has 30 heavy (non-hydrogen) atoms. The zero-order valence-corrected chi connectivity index (χ0v) is 18.7. The number of rotatable bonds is 9. The number of ether oxygens (including phenoxy) is 2. The van der Waals surface area contributed by atoms with Gasteiger partial charge in [-0.25, -0.2) is 0 Å². The van der Waals surface area contributed by atoms with E-state index in [0.29, 0.717) is 30.6 Å². The summed E-state index contributed by atoms with van der Waals surface area (Å²) in [6, 6.07) is 6.64. The Hall–Kier alpha value is -1.39. The smallest absolute Gasteiger partial charge is 0.135 e. The van der Waals surface area contributed by atoms with E-state index in [1.165, 1.54) is 70.1 Å². The molecule has 2 heterocycles. The second-order valence-electron chi connectivity index (χ2n) is 9.70. The lowest BCUT2D eigenvalue weighted by atomic mass is 9.78. The maximum Gasteiger partial charge on any atom is 0.135 e. The third-order valence-electron chi connectivity index (χ3n) is 7.73.